The predicted molar refractivity (Wildman–Crippen MR) is 53.1 cm³/mol. The van der Waals surface area contributed by atoms with Crippen molar-refractivity contribution in [2.75, 3.05) is 7.11 Å². The quantitative estimate of drug-likeness (QED) is 0.707. The maximum atomic E-state index is 6.00. The lowest BCUT2D eigenvalue weighted by molar-refractivity contribution is -0.00369. The molecule has 0 heterocycles. The summed E-state index contributed by atoms with van der Waals surface area (Å²) in [5.41, 5.74) is 6.14. The van der Waals surface area contributed by atoms with E-state index >= 15 is 0 Å². The molecule has 2 N–H and O–H groups in total. The van der Waals surface area contributed by atoms with Gasteiger partial charge in [-0.2, -0.15) is 0 Å². The van der Waals surface area contributed by atoms with Crippen LogP contribution in [0, 0.1) is 5.41 Å². The zero-order valence-corrected chi connectivity index (χ0v) is 9.05. The van der Waals surface area contributed by atoms with Crippen molar-refractivity contribution in [3.05, 3.63) is 0 Å². The normalized spacial score (nSPS) is 17.5. The molecular formula is C10H23NO. The first-order valence-corrected chi connectivity index (χ1v) is 4.71. The third kappa shape index (κ3) is 3.55. The summed E-state index contributed by atoms with van der Waals surface area (Å²) < 4.78 is 5.40. The smallest absolute Gasteiger partial charge is 0.0770 e. The number of hydrogen-bond acceptors (Lipinski definition) is 2. The highest BCUT2D eigenvalue weighted by molar-refractivity contribution is 4.83. The van der Waals surface area contributed by atoms with Crippen LogP contribution in [0.25, 0.3) is 0 Å². The minimum absolute atomic E-state index is 0.142. The van der Waals surface area contributed by atoms with Crippen molar-refractivity contribution in [2.45, 2.75) is 52.7 Å². The molecule has 0 spiro atoms. The number of rotatable bonds is 4. The Kier molecular flexibility index (Phi) is 4.80. The third-order valence-corrected chi connectivity index (χ3v) is 2.12. The van der Waals surface area contributed by atoms with E-state index in [1.54, 1.807) is 7.11 Å². The van der Waals surface area contributed by atoms with Crippen LogP contribution in [0.1, 0.15) is 40.5 Å². The van der Waals surface area contributed by atoms with E-state index in [9.17, 15) is 0 Å². The van der Waals surface area contributed by atoms with Crippen molar-refractivity contribution in [1.82, 2.24) is 0 Å². The highest BCUT2D eigenvalue weighted by Gasteiger charge is 2.29. The summed E-state index contributed by atoms with van der Waals surface area (Å²) in [6.07, 6.45) is 2.32. The van der Waals surface area contributed by atoms with Gasteiger partial charge >= 0.3 is 0 Å². The van der Waals surface area contributed by atoms with E-state index in [4.69, 9.17) is 10.5 Å². The molecule has 0 aromatic heterocycles. The zero-order valence-electron chi connectivity index (χ0n) is 9.05. The topological polar surface area (TPSA) is 35.2 Å². The van der Waals surface area contributed by atoms with Gasteiger partial charge < -0.3 is 10.5 Å². The molecule has 0 radical (unpaired) electrons. The highest BCUT2D eigenvalue weighted by Crippen LogP contribution is 2.25. The minimum atomic E-state index is 0.142. The van der Waals surface area contributed by atoms with Gasteiger partial charge in [0.1, 0.15) is 0 Å². The van der Waals surface area contributed by atoms with Crippen LogP contribution >= 0.6 is 0 Å². The second-order valence-corrected chi connectivity index (χ2v) is 4.47. The molecule has 2 heteroatoms. The lowest BCUT2D eigenvalue weighted by atomic mass is 9.83. The van der Waals surface area contributed by atoms with Gasteiger partial charge in [0.15, 0.2) is 0 Å². The van der Waals surface area contributed by atoms with Gasteiger partial charge in [-0.05, 0) is 11.8 Å². The van der Waals surface area contributed by atoms with E-state index in [2.05, 4.69) is 27.7 Å². The second-order valence-electron chi connectivity index (χ2n) is 4.47. The fraction of sp³-hybridized carbons (Fsp3) is 1.00. The van der Waals surface area contributed by atoms with Gasteiger partial charge in [-0.3, -0.25) is 0 Å². The summed E-state index contributed by atoms with van der Waals surface area (Å²) in [5, 5.41) is 0. The van der Waals surface area contributed by atoms with Gasteiger partial charge in [-0.15, -0.1) is 0 Å². The van der Waals surface area contributed by atoms with Crippen molar-refractivity contribution in [2.24, 2.45) is 11.1 Å². The Morgan fingerprint density at radius 3 is 2.08 bits per heavy atom. The number of nitrogens with two attached hydrogens (primary N) is 1. The molecule has 0 aromatic rings. The molecule has 0 amide bonds. The van der Waals surface area contributed by atoms with Gasteiger partial charge in [0.25, 0.3) is 0 Å². The maximum absolute atomic E-state index is 6.00. The standard InChI is InChI=1S/C10H23NO/c1-6-7-8(11)9(12-5)10(2,3)4/h8-9H,6-7,11H2,1-5H3/t8-,9?/m0/s1. The lowest BCUT2D eigenvalue weighted by Crippen LogP contribution is -2.44. The molecule has 0 aliphatic rings. The van der Waals surface area contributed by atoms with E-state index in [1.165, 1.54) is 0 Å². The van der Waals surface area contributed by atoms with Crippen LogP contribution < -0.4 is 5.73 Å². The second kappa shape index (κ2) is 4.83. The fourth-order valence-corrected chi connectivity index (χ4v) is 1.66. The summed E-state index contributed by atoms with van der Waals surface area (Å²) in [6.45, 7) is 8.64. The van der Waals surface area contributed by atoms with E-state index in [-0.39, 0.29) is 17.6 Å². The first kappa shape index (κ1) is 11.9. The maximum Gasteiger partial charge on any atom is 0.0770 e. The van der Waals surface area contributed by atoms with Gasteiger partial charge in [0.2, 0.25) is 0 Å². The Bertz CT molecular complexity index is 117. The van der Waals surface area contributed by atoms with Gasteiger partial charge in [0, 0.05) is 13.2 Å². The minimum Gasteiger partial charge on any atom is -0.379 e. The van der Waals surface area contributed by atoms with Crippen LogP contribution in [0.4, 0.5) is 0 Å². The lowest BCUT2D eigenvalue weighted by Gasteiger charge is -2.33. The van der Waals surface area contributed by atoms with E-state index in [0.717, 1.165) is 12.8 Å². The predicted octanol–water partition coefficient (Wildman–Crippen LogP) is 2.17. The molecule has 74 valence electrons. The van der Waals surface area contributed by atoms with Gasteiger partial charge in [-0.25, -0.2) is 0 Å². The number of methoxy groups -OCH3 is 1. The Morgan fingerprint density at radius 1 is 1.33 bits per heavy atom. The Morgan fingerprint density at radius 2 is 1.83 bits per heavy atom. The SMILES string of the molecule is CCC[C@H](N)C(OC)C(C)(C)C. The van der Waals surface area contributed by atoms with E-state index in [0.29, 0.717) is 0 Å². The molecule has 0 rings (SSSR count). The van der Waals surface area contributed by atoms with Crippen LogP contribution in [0.5, 0.6) is 0 Å². The van der Waals surface area contributed by atoms with Crippen molar-refractivity contribution >= 4 is 0 Å². The highest BCUT2D eigenvalue weighted by atomic mass is 16.5. The molecule has 2 atom stereocenters. The molecule has 0 fully saturated rings. The van der Waals surface area contributed by atoms with E-state index in [1.807, 2.05) is 0 Å². The van der Waals surface area contributed by atoms with Gasteiger partial charge in [-0.1, -0.05) is 34.1 Å². The first-order chi connectivity index (χ1) is 5.43. The first-order valence-electron chi connectivity index (χ1n) is 4.71. The van der Waals surface area contributed by atoms with Gasteiger partial charge in [0.05, 0.1) is 6.10 Å². The molecule has 0 saturated heterocycles. The summed E-state index contributed by atoms with van der Waals surface area (Å²) in [6, 6.07) is 0.167. The van der Waals surface area contributed by atoms with Crippen molar-refractivity contribution in [1.29, 1.82) is 0 Å². The summed E-state index contributed by atoms with van der Waals surface area (Å²) in [5.74, 6) is 0. The van der Waals surface area contributed by atoms with Crippen LogP contribution in [-0.2, 0) is 4.74 Å². The zero-order chi connectivity index (χ0) is 9.78. The molecule has 0 aliphatic carbocycles. The van der Waals surface area contributed by atoms with Crippen LogP contribution in [0.3, 0.4) is 0 Å². The molecule has 1 unspecified atom stereocenters. The number of ether oxygens (including phenoxy) is 1. The molecule has 0 aromatic carbocycles. The average Bonchev–Trinajstić information content (AvgIpc) is 1.85. The fourth-order valence-electron chi connectivity index (χ4n) is 1.66. The van der Waals surface area contributed by atoms with Crippen LogP contribution in [-0.4, -0.2) is 19.3 Å². The number of hydrogen-bond donors (Lipinski definition) is 1. The van der Waals surface area contributed by atoms with Crippen LogP contribution in [0.15, 0.2) is 0 Å². The van der Waals surface area contributed by atoms with E-state index < -0.39 is 0 Å². The Hall–Kier alpha value is -0.0800. The monoisotopic (exact) mass is 173 g/mol. The Balaban J connectivity index is 4.14. The molecule has 0 saturated carbocycles. The average molecular weight is 173 g/mol. The van der Waals surface area contributed by atoms with Crippen LogP contribution in [0.2, 0.25) is 0 Å². The van der Waals surface area contributed by atoms with Crippen molar-refractivity contribution in [3.63, 3.8) is 0 Å². The summed E-state index contributed by atoms with van der Waals surface area (Å²) in [4.78, 5) is 0. The summed E-state index contributed by atoms with van der Waals surface area (Å²) >= 11 is 0. The summed E-state index contributed by atoms with van der Waals surface area (Å²) in [7, 11) is 1.74. The largest absolute Gasteiger partial charge is 0.379 e. The van der Waals surface area contributed by atoms with Crippen molar-refractivity contribution < 1.29 is 4.74 Å². The van der Waals surface area contributed by atoms with Crippen molar-refractivity contribution in [3.8, 4) is 0 Å². The molecular weight excluding hydrogens is 150 g/mol. The molecule has 0 aliphatic heterocycles. The molecule has 2 nitrogen and oxygen atoms in total. The molecule has 0 bridgehead atoms. The Labute approximate surface area is 76.5 Å². The molecule has 12 heavy (non-hydrogen) atoms. The third-order valence-electron chi connectivity index (χ3n) is 2.12.